The third kappa shape index (κ3) is 1.42. The molecule has 0 atom stereocenters. The maximum Gasteiger partial charge on any atom is 0.266 e. The zero-order valence-corrected chi connectivity index (χ0v) is 11.9. The van der Waals surface area contributed by atoms with E-state index in [1.807, 2.05) is 18.2 Å². The van der Waals surface area contributed by atoms with Gasteiger partial charge < -0.3 is 14.5 Å². The first-order valence-electron chi connectivity index (χ1n) is 6.69. The van der Waals surface area contributed by atoms with Crippen LogP contribution in [0.25, 0.3) is 31.1 Å². The van der Waals surface area contributed by atoms with Crippen LogP contribution in [0.4, 0.5) is 4.39 Å². The molecule has 0 bridgehead atoms. The van der Waals surface area contributed by atoms with Crippen LogP contribution in [0.2, 0.25) is 0 Å². The number of fused-ring (bicyclic) bond motifs is 6. The topological polar surface area (TPSA) is 51.3 Å². The number of para-hydroxylation sites is 1. The first kappa shape index (κ1) is 12.0. The number of hydrogen-bond acceptors (Lipinski definition) is 4. The van der Waals surface area contributed by atoms with E-state index in [0.29, 0.717) is 21.6 Å². The summed E-state index contributed by atoms with van der Waals surface area (Å²) >= 11 is 1.37. The van der Waals surface area contributed by atoms with Crippen LogP contribution in [-0.4, -0.2) is 11.8 Å². The predicted octanol–water partition coefficient (Wildman–Crippen LogP) is 3.76. The van der Waals surface area contributed by atoms with Crippen molar-refractivity contribution in [2.75, 3.05) is 6.79 Å². The minimum atomic E-state index is -0.434. The van der Waals surface area contributed by atoms with E-state index in [-0.39, 0.29) is 17.9 Å². The van der Waals surface area contributed by atoms with Gasteiger partial charge in [-0.1, -0.05) is 12.1 Å². The Balaban J connectivity index is 2.08. The summed E-state index contributed by atoms with van der Waals surface area (Å²) in [6, 6.07) is 8.53. The lowest BCUT2D eigenvalue weighted by Gasteiger charge is -2.02. The van der Waals surface area contributed by atoms with Crippen LogP contribution in [0.5, 0.6) is 11.5 Å². The molecular weight excluding hydrogens is 305 g/mol. The number of thiophene rings is 1. The van der Waals surface area contributed by atoms with Crippen molar-refractivity contribution >= 4 is 42.4 Å². The fraction of sp³-hybridized carbons (Fsp3) is 0.0625. The van der Waals surface area contributed by atoms with E-state index in [1.165, 1.54) is 17.4 Å². The number of nitrogens with one attached hydrogen (secondary N) is 1. The zero-order chi connectivity index (χ0) is 14.8. The highest BCUT2D eigenvalue weighted by atomic mass is 32.1. The van der Waals surface area contributed by atoms with Gasteiger partial charge in [-0.25, -0.2) is 4.39 Å². The molecule has 1 aliphatic rings. The monoisotopic (exact) mass is 313 g/mol. The first-order chi connectivity index (χ1) is 10.7. The van der Waals surface area contributed by atoms with Crippen LogP contribution in [0.3, 0.4) is 0 Å². The zero-order valence-electron chi connectivity index (χ0n) is 11.1. The summed E-state index contributed by atoms with van der Waals surface area (Å²) in [6.07, 6.45) is 0. The van der Waals surface area contributed by atoms with Gasteiger partial charge in [0, 0.05) is 26.9 Å². The molecule has 108 valence electrons. The molecule has 0 amide bonds. The van der Waals surface area contributed by atoms with Crippen molar-refractivity contribution in [1.29, 1.82) is 0 Å². The Labute approximate surface area is 126 Å². The summed E-state index contributed by atoms with van der Waals surface area (Å²) < 4.78 is 26.3. The summed E-state index contributed by atoms with van der Waals surface area (Å²) in [7, 11) is 0. The molecule has 4 aromatic rings. The number of rotatable bonds is 0. The van der Waals surface area contributed by atoms with E-state index in [9.17, 15) is 9.18 Å². The minimum absolute atomic E-state index is 0.195. The molecular formula is C16H8FNO3S. The van der Waals surface area contributed by atoms with Crippen molar-refractivity contribution in [1.82, 2.24) is 4.98 Å². The summed E-state index contributed by atoms with van der Waals surface area (Å²) in [5, 5.41) is 2.34. The van der Waals surface area contributed by atoms with E-state index < -0.39 is 5.82 Å². The Morgan fingerprint density at radius 2 is 1.95 bits per heavy atom. The van der Waals surface area contributed by atoms with E-state index in [4.69, 9.17) is 9.47 Å². The standard InChI is InChI=1S/C16H8FNO3S/c17-9-3-1-2-7-13-8-4-10-11(21-6-20-10)5-12(8)22-15(13)16(19)18-14(7)9/h1-5H,6H2,(H,18,19). The number of benzene rings is 2. The number of H-pyrrole nitrogens is 1. The van der Waals surface area contributed by atoms with Crippen LogP contribution >= 0.6 is 11.3 Å². The highest BCUT2D eigenvalue weighted by molar-refractivity contribution is 7.26. The van der Waals surface area contributed by atoms with Crippen LogP contribution in [0, 0.1) is 5.82 Å². The van der Waals surface area contributed by atoms with Crippen molar-refractivity contribution in [3.63, 3.8) is 0 Å². The molecule has 5 rings (SSSR count). The Bertz CT molecular complexity index is 1150. The van der Waals surface area contributed by atoms with Gasteiger partial charge in [0.05, 0.1) is 5.52 Å². The number of ether oxygens (including phenoxy) is 2. The van der Waals surface area contributed by atoms with Gasteiger partial charge in [-0.15, -0.1) is 11.3 Å². The molecule has 3 heterocycles. The van der Waals surface area contributed by atoms with Crippen molar-refractivity contribution in [2.24, 2.45) is 0 Å². The van der Waals surface area contributed by atoms with E-state index in [1.54, 1.807) is 6.07 Å². The molecule has 2 aromatic carbocycles. The van der Waals surface area contributed by atoms with Crippen LogP contribution < -0.4 is 15.0 Å². The van der Waals surface area contributed by atoms with Gasteiger partial charge in [0.1, 0.15) is 10.5 Å². The number of aromatic amines is 1. The maximum atomic E-state index is 14.0. The van der Waals surface area contributed by atoms with Gasteiger partial charge in [0.15, 0.2) is 11.5 Å². The van der Waals surface area contributed by atoms with Gasteiger partial charge in [-0.05, 0) is 12.1 Å². The number of halogens is 1. The summed E-state index contributed by atoms with van der Waals surface area (Å²) in [5.74, 6) is 0.889. The average molecular weight is 313 g/mol. The number of hydrogen-bond donors (Lipinski definition) is 1. The Kier molecular flexibility index (Phi) is 2.17. The molecule has 0 spiro atoms. The second-order valence-corrected chi connectivity index (χ2v) is 6.18. The summed E-state index contributed by atoms with van der Waals surface area (Å²) in [6.45, 7) is 0.195. The number of pyridine rings is 1. The van der Waals surface area contributed by atoms with Gasteiger partial charge >= 0.3 is 0 Å². The van der Waals surface area contributed by atoms with E-state index >= 15 is 0 Å². The fourth-order valence-electron chi connectivity index (χ4n) is 2.94. The second kappa shape index (κ2) is 3.98. The lowest BCUT2D eigenvalue weighted by Crippen LogP contribution is -2.05. The van der Waals surface area contributed by atoms with Crippen LogP contribution in [-0.2, 0) is 0 Å². The van der Waals surface area contributed by atoms with E-state index in [0.717, 1.165) is 15.5 Å². The normalized spacial score (nSPS) is 13.5. The molecule has 22 heavy (non-hydrogen) atoms. The Morgan fingerprint density at radius 1 is 1.14 bits per heavy atom. The largest absolute Gasteiger partial charge is 0.454 e. The minimum Gasteiger partial charge on any atom is -0.454 e. The predicted molar refractivity (Wildman–Crippen MR) is 83.5 cm³/mol. The Hall–Kier alpha value is -2.60. The molecule has 2 aromatic heterocycles. The van der Waals surface area contributed by atoms with Gasteiger partial charge in [0.2, 0.25) is 6.79 Å². The van der Waals surface area contributed by atoms with Crippen molar-refractivity contribution < 1.29 is 13.9 Å². The van der Waals surface area contributed by atoms with Crippen LogP contribution in [0.1, 0.15) is 0 Å². The first-order valence-corrected chi connectivity index (χ1v) is 7.50. The van der Waals surface area contributed by atoms with Gasteiger partial charge in [-0.3, -0.25) is 4.79 Å². The smallest absolute Gasteiger partial charge is 0.266 e. The Morgan fingerprint density at radius 3 is 2.82 bits per heavy atom. The summed E-state index contributed by atoms with van der Waals surface area (Å²) in [5.41, 5.74) is -0.0480. The molecule has 0 fully saturated rings. The molecule has 0 aliphatic carbocycles. The van der Waals surface area contributed by atoms with Crippen molar-refractivity contribution in [3.05, 3.63) is 46.5 Å². The molecule has 0 saturated carbocycles. The molecule has 4 nitrogen and oxygen atoms in total. The SMILES string of the molecule is O=c1[nH]c2c(F)cccc2c2c1sc1cc3c(cc12)OCO3. The molecule has 6 heteroatoms. The van der Waals surface area contributed by atoms with Crippen molar-refractivity contribution in [3.8, 4) is 11.5 Å². The quantitative estimate of drug-likeness (QED) is 0.538. The highest BCUT2D eigenvalue weighted by Crippen LogP contribution is 2.43. The third-order valence-corrected chi connectivity index (χ3v) is 5.06. The highest BCUT2D eigenvalue weighted by Gasteiger charge is 2.19. The molecule has 1 aliphatic heterocycles. The molecule has 0 unspecified atom stereocenters. The second-order valence-electron chi connectivity index (χ2n) is 5.12. The maximum absolute atomic E-state index is 14.0. The molecule has 0 radical (unpaired) electrons. The molecule has 0 saturated heterocycles. The average Bonchev–Trinajstić information content (AvgIpc) is 3.10. The lowest BCUT2D eigenvalue weighted by atomic mass is 10.1. The van der Waals surface area contributed by atoms with Gasteiger partial charge in [-0.2, -0.15) is 0 Å². The lowest BCUT2D eigenvalue weighted by molar-refractivity contribution is 0.174. The van der Waals surface area contributed by atoms with Crippen LogP contribution in [0.15, 0.2) is 35.1 Å². The van der Waals surface area contributed by atoms with E-state index in [2.05, 4.69) is 4.98 Å². The van der Waals surface area contributed by atoms with Crippen molar-refractivity contribution in [2.45, 2.75) is 0 Å². The number of aromatic nitrogens is 1. The summed E-state index contributed by atoms with van der Waals surface area (Å²) in [4.78, 5) is 14.9. The molecule has 1 N–H and O–H groups in total. The third-order valence-electron chi connectivity index (χ3n) is 3.91. The van der Waals surface area contributed by atoms with Gasteiger partial charge in [0.25, 0.3) is 5.56 Å². The fourth-order valence-corrected chi connectivity index (χ4v) is 4.07.